The Labute approximate surface area is 150 Å². The third-order valence-corrected chi connectivity index (χ3v) is 5.58. The van der Waals surface area contributed by atoms with Crippen molar-refractivity contribution in [3.63, 3.8) is 0 Å². The molecule has 128 valence electrons. The van der Waals surface area contributed by atoms with Crippen LogP contribution in [-0.4, -0.2) is 39.9 Å². The highest BCUT2D eigenvalue weighted by Gasteiger charge is 2.24. The molecule has 1 aliphatic rings. The number of carbonyl (C=O) groups excluding carboxylic acids is 1. The molecule has 1 unspecified atom stereocenters. The lowest BCUT2D eigenvalue weighted by Gasteiger charge is -2.22. The van der Waals surface area contributed by atoms with Crippen LogP contribution in [0.2, 0.25) is 0 Å². The Morgan fingerprint density at radius 1 is 1.20 bits per heavy atom. The van der Waals surface area contributed by atoms with Gasteiger partial charge < -0.3 is 5.32 Å². The molecule has 1 aliphatic heterocycles. The van der Waals surface area contributed by atoms with E-state index in [0.29, 0.717) is 5.82 Å². The van der Waals surface area contributed by atoms with Crippen LogP contribution in [0.1, 0.15) is 19.8 Å². The fourth-order valence-electron chi connectivity index (χ4n) is 3.25. The zero-order chi connectivity index (χ0) is 17.2. The van der Waals surface area contributed by atoms with Crippen LogP contribution in [-0.2, 0) is 4.79 Å². The van der Waals surface area contributed by atoms with Crippen molar-refractivity contribution in [2.75, 3.05) is 18.4 Å². The number of anilines is 1. The van der Waals surface area contributed by atoms with Gasteiger partial charge in [0.2, 0.25) is 5.91 Å². The van der Waals surface area contributed by atoms with Gasteiger partial charge in [0.15, 0.2) is 0 Å². The summed E-state index contributed by atoms with van der Waals surface area (Å²) in [4.78, 5) is 24.4. The fourth-order valence-corrected chi connectivity index (χ4v) is 3.87. The van der Waals surface area contributed by atoms with Gasteiger partial charge in [-0.1, -0.05) is 12.1 Å². The molecule has 1 amide bonds. The Balaban J connectivity index is 1.56. The van der Waals surface area contributed by atoms with E-state index in [2.05, 4.69) is 38.4 Å². The Morgan fingerprint density at radius 3 is 2.80 bits per heavy atom. The number of pyridine rings is 1. The number of fused-ring (bicyclic) bond motifs is 1. The van der Waals surface area contributed by atoms with Crippen molar-refractivity contribution in [2.24, 2.45) is 0 Å². The molecular formula is C19H20N4OS. The SMILES string of the molecule is CC(C(=O)Nc1cc2cc(-c3cncs3)ccc2cn1)N1CCCC1. The van der Waals surface area contributed by atoms with Crippen molar-refractivity contribution in [3.8, 4) is 10.4 Å². The Kier molecular flexibility index (Phi) is 4.46. The fraction of sp³-hybridized carbons (Fsp3) is 0.316. The van der Waals surface area contributed by atoms with Crippen molar-refractivity contribution in [1.29, 1.82) is 0 Å². The van der Waals surface area contributed by atoms with Gasteiger partial charge in [-0.25, -0.2) is 4.98 Å². The lowest BCUT2D eigenvalue weighted by Crippen LogP contribution is -2.40. The van der Waals surface area contributed by atoms with Gasteiger partial charge in [-0.05, 0) is 55.9 Å². The topological polar surface area (TPSA) is 58.1 Å². The molecular weight excluding hydrogens is 332 g/mol. The molecule has 0 radical (unpaired) electrons. The molecule has 1 saturated heterocycles. The highest BCUT2D eigenvalue weighted by molar-refractivity contribution is 7.13. The average Bonchev–Trinajstić information content (AvgIpc) is 3.34. The lowest BCUT2D eigenvalue weighted by atomic mass is 10.1. The molecule has 1 fully saturated rings. The third kappa shape index (κ3) is 3.41. The number of amides is 1. The molecule has 0 saturated carbocycles. The summed E-state index contributed by atoms with van der Waals surface area (Å²) in [6.07, 6.45) is 6.02. The van der Waals surface area contributed by atoms with Gasteiger partial charge in [0.1, 0.15) is 5.82 Å². The quantitative estimate of drug-likeness (QED) is 0.776. The highest BCUT2D eigenvalue weighted by atomic mass is 32.1. The van der Waals surface area contributed by atoms with Crippen LogP contribution < -0.4 is 5.32 Å². The zero-order valence-corrected chi connectivity index (χ0v) is 14.9. The maximum absolute atomic E-state index is 12.5. The van der Waals surface area contributed by atoms with Gasteiger partial charge in [0, 0.05) is 17.8 Å². The van der Waals surface area contributed by atoms with Crippen LogP contribution in [0.4, 0.5) is 5.82 Å². The summed E-state index contributed by atoms with van der Waals surface area (Å²) >= 11 is 1.62. The molecule has 3 aromatic rings. The predicted octanol–water partition coefficient (Wildman–Crippen LogP) is 3.78. The molecule has 1 N–H and O–H groups in total. The van der Waals surface area contributed by atoms with Gasteiger partial charge >= 0.3 is 0 Å². The lowest BCUT2D eigenvalue weighted by molar-refractivity contribution is -0.120. The minimum atomic E-state index is -0.122. The monoisotopic (exact) mass is 352 g/mol. The van der Waals surface area contributed by atoms with E-state index in [0.717, 1.165) is 34.3 Å². The van der Waals surface area contributed by atoms with Crippen LogP contribution in [0.25, 0.3) is 21.2 Å². The molecule has 4 rings (SSSR count). The number of hydrogen-bond donors (Lipinski definition) is 1. The van der Waals surface area contributed by atoms with Crippen molar-refractivity contribution < 1.29 is 4.79 Å². The number of rotatable bonds is 4. The second-order valence-electron chi connectivity index (χ2n) is 6.41. The first-order valence-electron chi connectivity index (χ1n) is 8.54. The Bertz CT molecular complexity index is 888. The number of nitrogens with zero attached hydrogens (tertiary/aromatic N) is 3. The van der Waals surface area contributed by atoms with Gasteiger partial charge in [-0.15, -0.1) is 11.3 Å². The van der Waals surface area contributed by atoms with E-state index in [1.807, 2.05) is 30.9 Å². The molecule has 1 aromatic carbocycles. The second kappa shape index (κ2) is 6.90. The van der Waals surface area contributed by atoms with Gasteiger partial charge in [-0.3, -0.25) is 14.7 Å². The summed E-state index contributed by atoms with van der Waals surface area (Å²) in [5.41, 5.74) is 2.96. The summed E-state index contributed by atoms with van der Waals surface area (Å²) < 4.78 is 0. The maximum atomic E-state index is 12.5. The molecule has 25 heavy (non-hydrogen) atoms. The second-order valence-corrected chi connectivity index (χ2v) is 7.29. The van der Waals surface area contributed by atoms with Gasteiger partial charge in [0.05, 0.1) is 16.4 Å². The van der Waals surface area contributed by atoms with Crippen LogP contribution in [0.5, 0.6) is 0 Å². The van der Waals surface area contributed by atoms with Crippen molar-refractivity contribution in [1.82, 2.24) is 14.9 Å². The molecule has 2 aromatic heterocycles. The van der Waals surface area contributed by atoms with E-state index >= 15 is 0 Å². The minimum absolute atomic E-state index is 0.00682. The van der Waals surface area contributed by atoms with Gasteiger partial charge in [-0.2, -0.15) is 0 Å². The number of thiazole rings is 1. The number of benzene rings is 1. The average molecular weight is 352 g/mol. The third-order valence-electron chi connectivity index (χ3n) is 4.76. The molecule has 5 nitrogen and oxygen atoms in total. The van der Waals surface area contributed by atoms with E-state index in [9.17, 15) is 4.79 Å². The number of hydrogen-bond acceptors (Lipinski definition) is 5. The van der Waals surface area contributed by atoms with E-state index < -0.39 is 0 Å². The first kappa shape index (κ1) is 16.2. The van der Waals surface area contributed by atoms with Crippen LogP contribution >= 0.6 is 11.3 Å². The number of carbonyl (C=O) groups is 1. The first-order valence-corrected chi connectivity index (χ1v) is 9.42. The van der Waals surface area contributed by atoms with Crippen LogP contribution in [0.15, 0.2) is 42.2 Å². The molecule has 6 heteroatoms. The summed E-state index contributed by atoms with van der Waals surface area (Å²) in [6.45, 7) is 3.96. The molecule has 0 aliphatic carbocycles. The number of nitrogens with one attached hydrogen (secondary N) is 1. The van der Waals surface area contributed by atoms with Crippen molar-refractivity contribution in [2.45, 2.75) is 25.8 Å². The highest BCUT2D eigenvalue weighted by Crippen LogP contribution is 2.27. The molecule has 1 atom stereocenters. The minimum Gasteiger partial charge on any atom is -0.309 e. The van der Waals surface area contributed by atoms with Crippen LogP contribution in [0.3, 0.4) is 0 Å². The maximum Gasteiger partial charge on any atom is 0.242 e. The normalized spacial score (nSPS) is 16.2. The molecule has 0 bridgehead atoms. The smallest absolute Gasteiger partial charge is 0.242 e. The van der Waals surface area contributed by atoms with Crippen molar-refractivity contribution >= 4 is 33.8 Å². The Morgan fingerprint density at radius 2 is 2.04 bits per heavy atom. The first-order chi connectivity index (χ1) is 12.2. The largest absolute Gasteiger partial charge is 0.309 e. The number of likely N-dealkylation sites (tertiary alicyclic amines) is 1. The van der Waals surface area contributed by atoms with Crippen LogP contribution in [0, 0.1) is 0 Å². The van der Waals surface area contributed by atoms with Crippen molar-refractivity contribution in [3.05, 3.63) is 42.2 Å². The Hall–Kier alpha value is -2.31. The summed E-state index contributed by atoms with van der Waals surface area (Å²) in [5, 5.41) is 5.08. The predicted molar refractivity (Wildman–Crippen MR) is 102 cm³/mol. The van der Waals surface area contributed by atoms with E-state index in [1.54, 1.807) is 11.3 Å². The summed E-state index contributed by atoms with van der Waals surface area (Å²) in [7, 11) is 0. The van der Waals surface area contributed by atoms with E-state index in [-0.39, 0.29) is 11.9 Å². The summed E-state index contributed by atoms with van der Waals surface area (Å²) in [5.74, 6) is 0.609. The number of aromatic nitrogens is 2. The van der Waals surface area contributed by atoms with E-state index in [4.69, 9.17) is 0 Å². The van der Waals surface area contributed by atoms with E-state index in [1.165, 1.54) is 12.8 Å². The summed E-state index contributed by atoms with van der Waals surface area (Å²) in [6, 6.07) is 8.06. The molecule has 3 heterocycles. The zero-order valence-electron chi connectivity index (χ0n) is 14.1. The standard InChI is InChI=1S/C19H20N4OS/c1-13(23-6-2-3-7-23)19(24)22-18-9-16-8-14(17-11-20-12-25-17)4-5-15(16)10-21-18/h4-5,8-13H,2-3,6-7H2,1H3,(H,21,22,24). The van der Waals surface area contributed by atoms with Gasteiger partial charge in [0.25, 0.3) is 0 Å². The molecule has 0 spiro atoms.